The van der Waals surface area contributed by atoms with Crippen LogP contribution in [0.3, 0.4) is 0 Å². The van der Waals surface area contributed by atoms with Gasteiger partial charge < -0.3 is 29.2 Å². The molecule has 0 radical (unpaired) electrons. The molecule has 0 saturated carbocycles. The second kappa shape index (κ2) is 9.38. The highest BCUT2D eigenvalue weighted by Gasteiger charge is 2.41. The summed E-state index contributed by atoms with van der Waals surface area (Å²) in [5.74, 6) is -3.14. The number of ether oxygens (including phenoxy) is 4. The second-order valence-electron chi connectivity index (χ2n) is 4.73. The summed E-state index contributed by atoms with van der Waals surface area (Å²) in [4.78, 5) is 33.5. The average Bonchev–Trinajstić information content (AvgIpc) is 2.49. The summed E-state index contributed by atoms with van der Waals surface area (Å²) < 4.78 is 20.0. The van der Waals surface area contributed by atoms with Crippen LogP contribution in [0.4, 0.5) is 0 Å². The lowest BCUT2D eigenvalue weighted by atomic mass is 10.1. The van der Waals surface area contributed by atoms with E-state index >= 15 is 0 Å². The van der Waals surface area contributed by atoms with E-state index in [1.54, 1.807) is 6.92 Å². The van der Waals surface area contributed by atoms with E-state index in [-0.39, 0.29) is 19.0 Å². The normalized spacial score (nSPS) is 23.5. The zero-order valence-corrected chi connectivity index (χ0v) is 14.3. The van der Waals surface area contributed by atoms with E-state index < -0.39 is 47.1 Å². The Kier molecular flexibility index (Phi) is 7.86. The summed E-state index contributed by atoms with van der Waals surface area (Å²) in [5, 5.41) is 20.1. The van der Waals surface area contributed by atoms with E-state index in [1.807, 2.05) is 0 Å². The van der Waals surface area contributed by atoms with Gasteiger partial charge in [0.05, 0.1) is 12.4 Å². The molecule has 0 fully saturated rings. The lowest BCUT2D eigenvalue weighted by molar-refractivity contribution is -0.167. The van der Waals surface area contributed by atoms with Gasteiger partial charge in [-0.3, -0.25) is 14.4 Å². The minimum Gasteiger partial charge on any atom is -0.506 e. The van der Waals surface area contributed by atoms with Crippen LogP contribution in [0.2, 0.25) is 0 Å². The van der Waals surface area contributed by atoms with Crippen molar-refractivity contribution in [1.82, 2.24) is 0 Å². The Hall–Kier alpha value is -1.94. The Balaban J connectivity index is 2.87. The number of aliphatic hydroxyl groups is 2. The van der Waals surface area contributed by atoms with E-state index in [1.165, 1.54) is 6.92 Å². The molecule has 9 nitrogen and oxygen atoms in total. The summed E-state index contributed by atoms with van der Waals surface area (Å²) in [6.45, 7) is 3.86. The van der Waals surface area contributed by atoms with Gasteiger partial charge in [-0.05, 0) is 6.92 Å². The van der Waals surface area contributed by atoms with Crippen LogP contribution in [0.25, 0.3) is 0 Å². The van der Waals surface area contributed by atoms with Crippen molar-refractivity contribution < 1.29 is 43.5 Å². The van der Waals surface area contributed by atoms with Gasteiger partial charge in [0.2, 0.25) is 0 Å². The van der Waals surface area contributed by atoms with Gasteiger partial charge in [-0.1, -0.05) is 0 Å². The molecule has 0 bridgehead atoms. The smallest absolute Gasteiger partial charge is 0.315 e. The van der Waals surface area contributed by atoms with Crippen molar-refractivity contribution in [3.8, 4) is 0 Å². The highest BCUT2D eigenvalue weighted by molar-refractivity contribution is 8.00. The molecule has 10 heteroatoms. The summed E-state index contributed by atoms with van der Waals surface area (Å²) in [6, 6.07) is 0. The van der Waals surface area contributed by atoms with Gasteiger partial charge in [0, 0.05) is 13.8 Å². The lowest BCUT2D eigenvalue weighted by Gasteiger charge is -2.34. The molecule has 1 rings (SSSR count). The van der Waals surface area contributed by atoms with Gasteiger partial charge in [-0.2, -0.15) is 0 Å². The molecular formula is C14H20O9S. The van der Waals surface area contributed by atoms with Crippen LogP contribution in [-0.2, 0) is 33.3 Å². The Morgan fingerprint density at radius 3 is 2.33 bits per heavy atom. The highest BCUT2D eigenvalue weighted by atomic mass is 32.2. The Morgan fingerprint density at radius 2 is 1.79 bits per heavy atom. The summed E-state index contributed by atoms with van der Waals surface area (Å²) in [5.41, 5.74) is -1.10. The fraction of sp³-hybridized carbons (Fsp3) is 0.643. The molecule has 0 saturated heterocycles. The molecule has 0 unspecified atom stereocenters. The zero-order chi connectivity index (χ0) is 18.3. The maximum Gasteiger partial charge on any atom is 0.315 e. The van der Waals surface area contributed by atoms with Crippen molar-refractivity contribution in [2.75, 3.05) is 19.0 Å². The number of esters is 3. The minimum absolute atomic E-state index is 0.131. The monoisotopic (exact) mass is 364 g/mol. The van der Waals surface area contributed by atoms with Crippen molar-refractivity contribution >= 4 is 29.7 Å². The Bertz CT molecular complexity index is 516. The molecule has 0 amide bonds. The largest absolute Gasteiger partial charge is 0.506 e. The molecule has 0 aromatic carbocycles. The van der Waals surface area contributed by atoms with Gasteiger partial charge in [-0.15, -0.1) is 11.8 Å². The van der Waals surface area contributed by atoms with Crippen LogP contribution in [-0.4, -0.2) is 64.7 Å². The number of rotatable bonds is 7. The van der Waals surface area contributed by atoms with Crippen LogP contribution in [0, 0.1) is 0 Å². The van der Waals surface area contributed by atoms with Crippen molar-refractivity contribution in [3.63, 3.8) is 0 Å². The second-order valence-corrected chi connectivity index (χ2v) is 5.78. The van der Waals surface area contributed by atoms with Gasteiger partial charge in [0.1, 0.15) is 12.7 Å². The molecule has 136 valence electrons. The predicted octanol–water partition coefficient (Wildman–Crippen LogP) is 0.830. The van der Waals surface area contributed by atoms with Crippen LogP contribution in [0.5, 0.6) is 0 Å². The number of hydrogen-bond donors (Lipinski definition) is 2. The molecule has 24 heavy (non-hydrogen) atoms. The first-order valence-electron chi connectivity index (χ1n) is 7.11. The standard InChI is InChI=1S/C14H20O9S/c1-4-20-10(17)6-24-14-12(19)11(18)13(22-8(3)16)9(23-14)5-21-7(2)15/h9,13-14,18-19H,4-6H2,1-3H3/t9-,13-,14-/m1/s1. The Morgan fingerprint density at radius 1 is 1.12 bits per heavy atom. The maximum absolute atomic E-state index is 11.4. The molecule has 0 aromatic heterocycles. The third-order valence-corrected chi connectivity index (χ3v) is 3.83. The molecule has 1 aliphatic rings. The van der Waals surface area contributed by atoms with Crippen LogP contribution >= 0.6 is 11.8 Å². The number of carbonyl (C=O) groups excluding carboxylic acids is 3. The highest BCUT2D eigenvalue weighted by Crippen LogP contribution is 2.32. The molecule has 1 aliphatic heterocycles. The van der Waals surface area contributed by atoms with Crippen LogP contribution < -0.4 is 0 Å². The fourth-order valence-corrected chi connectivity index (χ4v) is 2.71. The molecule has 1 heterocycles. The summed E-state index contributed by atoms with van der Waals surface area (Å²) in [7, 11) is 0. The first-order chi connectivity index (χ1) is 11.3. The molecule has 3 atom stereocenters. The van der Waals surface area contributed by atoms with Gasteiger partial charge in [0.25, 0.3) is 0 Å². The number of hydrogen-bond acceptors (Lipinski definition) is 10. The molecule has 0 spiro atoms. The predicted molar refractivity (Wildman–Crippen MR) is 82.2 cm³/mol. The Labute approximate surface area is 142 Å². The van der Waals surface area contributed by atoms with E-state index in [0.29, 0.717) is 0 Å². The van der Waals surface area contributed by atoms with Gasteiger partial charge in [0.15, 0.2) is 23.1 Å². The number of aliphatic hydroxyl groups excluding tert-OH is 2. The fourth-order valence-electron chi connectivity index (χ4n) is 1.84. The van der Waals surface area contributed by atoms with Crippen molar-refractivity contribution in [2.45, 2.75) is 38.4 Å². The summed E-state index contributed by atoms with van der Waals surface area (Å²) in [6.07, 6.45) is -2.35. The molecule has 2 N–H and O–H groups in total. The third kappa shape index (κ3) is 5.93. The quantitative estimate of drug-likeness (QED) is 0.495. The van der Waals surface area contributed by atoms with Gasteiger partial charge >= 0.3 is 17.9 Å². The van der Waals surface area contributed by atoms with Crippen molar-refractivity contribution in [1.29, 1.82) is 0 Å². The van der Waals surface area contributed by atoms with E-state index in [0.717, 1.165) is 18.7 Å². The van der Waals surface area contributed by atoms with E-state index in [2.05, 4.69) is 0 Å². The van der Waals surface area contributed by atoms with Crippen LogP contribution in [0.1, 0.15) is 20.8 Å². The SMILES string of the molecule is CCOC(=O)CS[C@H]1O[C@H](COC(C)=O)[C@@H](OC(C)=O)C(O)=C1O. The van der Waals surface area contributed by atoms with Crippen molar-refractivity contribution in [2.24, 2.45) is 0 Å². The lowest BCUT2D eigenvalue weighted by Crippen LogP contribution is -2.45. The average molecular weight is 364 g/mol. The topological polar surface area (TPSA) is 129 Å². The maximum atomic E-state index is 11.4. The number of carbonyl (C=O) groups is 3. The summed E-state index contributed by atoms with van der Waals surface area (Å²) >= 11 is 0.871. The van der Waals surface area contributed by atoms with Gasteiger partial charge in [-0.25, -0.2) is 0 Å². The third-order valence-electron chi connectivity index (χ3n) is 2.79. The van der Waals surface area contributed by atoms with E-state index in [9.17, 15) is 24.6 Å². The zero-order valence-electron chi connectivity index (χ0n) is 13.5. The van der Waals surface area contributed by atoms with Crippen molar-refractivity contribution in [3.05, 3.63) is 11.5 Å². The first-order valence-corrected chi connectivity index (χ1v) is 8.16. The number of thioether (sulfide) groups is 1. The molecular weight excluding hydrogens is 344 g/mol. The van der Waals surface area contributed by atoms with E-state index in [4.69, 9.17) is 18.9 Å². The minimum atomic E-state index is -1.32. The molecule has 0 aromatic rings. The molecule has 0 aliphatic carbocycles. The first kappa shape index (κ1) is 20.1. The van der Waals surface area contributed by atoms with Crippen LogP contribution in [0.15, 0.2) is 11.5 Å².